The molecule has 0 spiro atoms. The minimum Gasteiger partial charge on any atom is -0.325 e. The van der Waals surface area contributed by atoms with Crippen molar-refractivity contribution in [2.45, 2.75) is 12.7 Å². The zero-order chi connectivity index (χ0) is 14.4. The van der Waals surface area contributed by atoms with E-state index in [0.29, 0.717) is 5.75 Å². The molecule has 2 aromatic rings. The van der Waals surface area contributed by atoms with Crippen LogP contribution in [0.5, 0.6) is 0 Å². The Bertz CT molecular complexity index is 611. The molecule has 3 nitrogen and oxygen atoms in total. The number of benzene rings is 2. The third-order valence-electron chi connectivity index (χ3n) is 2.76. The Kier molecular flexibility index (Phi) is 5.07. The van der Waals surface area contributed by atoms with Gasteiger partial charge in [0.15, 0.2) is 0 Å². The molecule has 1 atom stereocenters. The van der Waals surface area contributed by atoms with Crippen LogP contribution in [0.15, 0.2) is 54.6 Å². The first-order valence-corrected chi connectivity index (χ1v) is 7.88. The van der Waals surface area contributed by atoms with Crippen LogP contribution in [-0.2, 0) is 21.3 Å². The van der Waals surface area contributed by atoms with Gasteiger partial charge in [0.1, 0.15) is 5.75 Å². The lowest BCUT2D eigenvalue weighted by Crippen LogP contribution is -2.20. The van der Waals surface area contributed by atoms with Crippen LogP contribution in [0.3, 0.4) is 0 Å². The number of amides is 1. The molecule has 0 saturated carbocycles. The predicted molar refractivity (Wildman–Crippen MR) is 83.0 cm³/mol. The highest BCUT2D eigenvalue weighted by atomic mass is 32.2. The molecular formula is C16H17NO2S. The highest BCUT2D eigenvalue weighted by molar-refractivity contribution is 7.84. The van der Waals surface area contributed by atoms with Crippen LogP contribution in [0.2, 0.25) is 0 Å². The van der Waals surface area contributed by atoms with E-state index in [1.54, 1.807) is 12.1 Å². The zero-order valence-corrected chi connectivity index (χ0v) is 12.2. The fraction of sp³-hybridized carbons (Fsp3) is 0.188. The molecular weight excluding hydrogens is 270 g/mol. The van der Waals surface area contributed by atoms with Gasteiger partial charge in [-0.3, -0.25) is 9.00 Å². The predicted octanol–water partition coefficient (Wildman–Crippen LogP) is 2.88. The molecule has 1 amide bonds. The van der Waals surface area contributed by atoms with Crippen molar-refractivity contribution >= 4 is 22.4 Å². The van der Waals surface area contributed by atoms with Gasteiger partial charge in [0.2, 0.25) is 5.91 Å². The van der Waals surface area contributed by atoms with E-state index < -0.39 is 10.8 Å². The molecule has 0 heterocycles. The second-order valence-corrected chi connectivity index (χ2v) is 6.09. The Labute approximate surface area is 121 Å². The van der Waals surface area contributed by atoms with Gasteiger partial charge in [0.25, 0.3) is 0 Å². The first-order valence-electron chi connectivity index (χ1n) is 6.39. The van der Waals surface area contributed by atoms with Gasteiger partial charge in [-0.2, -0.15) is 0 Å². The normalized spacial score (nSPS) is 11.8. The third kappa shape index (κ3) is 4.63. The molecule has 0 bridgehead atoms. The van der Waals surface area contributed by atoms with Crippen LogP contribution < -0.4 is 5.32 Å². The number of nitrogens with one attached hydrogen (secondary N) is 1. The van der Waals surface area contributed by atoms with Gasteiger partial charge in [-0.25, -0.2) is 0 Å². The smallest absolute Gasteiger partial charge is 0.237 e. The maximum Gasteiger partial charge on any atom is 0.237 e. The van der Waals surface area contributed by atoms with Gasteiger partial charge in [-0.05, 0) is 24.6 Å². The summed E-state index contributed by atoms with van der Waals surface area (Å²) in [7, 11) is -1.20. The number of rotatable bonds is 5. The fourth-order valence-corrected chi connectivity index (χ4v) is 2.92. The van der Waals surface area contributed by atoms with Crippen LogP contribution in [0, 0.1) is 6.92 Å². The summed E-state index contributed by atoms with van der Waals surface area (Å²) in [6, 6.07) is 17.0. The Balaban J connectivity index is 1.87. The fourth-order valence-electron chi connectivity index (χ4n) is 1.90. The number of para-hydroxylation sites is 1. The van der Waals surface area contributed by atoms with Crippen molar-refractivity contribution in [2.24, 2.45) is 0 Å². The quantitative estimate of drug-likeness (QED) is 0.919. The first-order chi connectivity index (χ1) is 9.63. The Morgan fingerprint density at radius 2 is 1.85 bits per heavy atom. The summed E-state index contributed by atoms with van der Waals surface area (Å²) in [6.45, 7) is 1.99. The lowest BCUT2D eigenvalue weighted by Gasteiger charge is -2.05. The summed E-state index contributed by atoms with van der Waals surface area (Å²) in [6.07, 6.45) is 0. The van der Waals surface area contributed by atoms with Crippen LogP contribution in [0.1, 0.15) is 11.1 Å². The van der Waals surface area contributed by atoms with E-state index in [9.17, 15) is 9.00 Å². The van der Waals surface area contributed by atoms with Crippen LogP contribution in [0.4, 0.5) is 5.69 Å². The molecule has 4 heteroatoms. The molecule has 0 aliphatic heterocycles. The molecule has 0 aliphatic rings. The summed E-state index contributed by atoms with van der Waals surface area (Å²) in [4.78, 5) is 11.8. The lowest BCUT2D eigenvalue weighted by molar-refractivity contribution is -0.113. The van der Waals surface area contributed by atoms with E-state index >= 15 is 0 Å². The molecule has 0 aliphatic carbocycles. The monoisotopic (exact) mass is 287 g/mol. The molecule has 2 aromatic carbocycles. The molecule has 0 aromatic heterocycles. The summed E-state index contributed by atoms with van der Waals surface area (Å²) < 4.78 is 12.0. The molecule has 0 fully saturated rings. The molecule has 2 rings (SSSR count). The Hall–Kier alpha value is -1.94. The maximum absolute atomic E-state index is 12.0. The van der Waals surface area contributed by atoms with Crippen molar-refractivity contribution < 1.29 is 9.00 Å². The molecule has 20 heavy (non-hydrogen) atoms. The van der Waals surface area contributed by atoms with Crippen LogP contribution in [-0.4, -0.2) is 15.9 Å². The second kappa shape index (κ2) is 7.01. The van der Waals surface area contributed by atoms with Gasteiger partial charge < -0.3 is 5.32 Å². The SMILES string of the molecule is Cc1cccc(CS(=O)CC(=O)Nc2ccccc2)c1. The van der Waals surface area contributed by atoms with Gasteiger partial charge in [-0.15, -0.1) is 0 Å². The van der Waals surface area contributed by atoms with Crippen molar-refractivity contribution in [3.05, 3.63) is 65.7 Å². The number of carbonyl (C=O) groups excluding carboxylic acids is 1. The zero-order valence-electron chi connectivity index (χ0n) is 11.3. The van der Waals surface area contributed by atoms with E-state index in [1.807, 2.05) is 49.4 Å². The van der Waals surface area contributed by atoms with E-state index in [4.69, 9.17) is 0 Å². The number of carbonyl (C=O) groups is 1. The van der Waals surface area contributed by atoms with Crippen molar-refractivity contribution in [2.75, 3.05) is 11.1 Å². The minimum absolute atomic E-state index is 0.0167. The van der Waals surface area contributed by atoms with E-state index in [1.165, 1.54) is 0 Å². The van der Waals surface area contributed by atoms with E-state index in [2.05, 4.69) is 5.32 Å². The number of hydrogen-bond acceptors (Lipinski definition) is 2. The minimum atomic E-state index is -1.20. The molecule has 1 unspecified atom stereocenters. The highest BCUT2D eigenvalue weighted by Crippen LogP contribution is 2.08. The molecule has 104 valence electrons. The Morgan fingerprint density at radius 1 is 1.10 bits per heavy atom. The van der Waals surface area contributed by atoms with Gasteiger partial charge in [0.05, 0.1) is 0 Å². The van der Waals surface area contributed by atoms with E-state index in [-0.39, 0.29) is 11.7 Å². The van der Waals surface area contributed by atoms with Crippen molar-refractivity contribution in [3.63, 3.8) is 0 Å². The van der Waals surface area contributed by atoms with Gasteiger partial charge >= 0.3 is 0 Å². The first kappa shape index (κ1) is 14.5. The average Bonchev–Trinajstić information content (AvgIpc) is 2.39. The Morgan fingerprint density at radius 3 is 2.55 bits per heavy atom. The maximum atomic E-state index is 12.0. The average molecular weight is 287 g/mol. The number of anilines is 1. The standard InChI is InChI=1S/C16H17NO2S/c1-13-6-5-7-14(10-13)11-20(19)12-16(18)17-15-8-3-2-4-9-15/h2-10H,11-12H2,1H3,(H,17,18). The summed E-state index contributed by atoms with van der Waals surface area (Å²) in [5.41, 5.74) is 2.86. The summed E-state index contributed by atoms with van der Waals surface area (Å²) in [5, 5.41) is 2.74. The number of aryl methyl sites for hydroxylation is 1. The summed E-state index contributed by atoms with van der Waals surface area (Å²) in [5.74, 6) is 0.203. The van der Waals surface area contributed by atoms with Crippen LogP contribution >= 0.6 is 0 Å². The molecule has 0 radical (unpaired) electrons. The van der Waals surface area contributed by atoms with Gasteiger partial charge in [-0.1, -0.05) is 48.0 Å². The van der Waals surface area contributed by atoms with Crippen LogP contribution in [0.25, 0.3) is 0 Å². The lowest BCUT2D eigenvalue weighted by atomic mass is 10.2. The van der Waals surface area contributed by atoms with E-state index in [0.717, 1.165) is 16.8 Å². The molecule has 1 N–H and O–H groups in total. The second-order valence-electron chi connectivity index (χ2n) is 4.63. The summed E-state index contributed by atoms with van der Waals surface area (Å²) >= 11 is 0. The topological polar surface area (TPSA) is 46.2 Å². The van der Waals surface area contributed by atoms with Crippen molar-refractivity contribution in [3.8, 4) is 0 Å². The molecule has 0 saturated heterocycles. The highest BCUT2D eigenvalue weighted by Gasteiger charge is 2.09. The van der Waals surface area contributed by atoms with Gasteiger partial charge in [0, 0.05) is 22.2 Å². The number of hydrogen-bond donors (Lipinski definition) is 1. The largest absolute Gasteiger partial charge is 0.325 e. The third-order valence-corrected chi connectivity index (χ3v) is 4.00. The van der Waals surface area contributed by atoms with Crippen molar-refractivity contribution in [1.29, 1.82) is 0 Å². The van der Waals surface area contributed by atoms with Crippen molar-refractivity contribution in [1.82, 2.24) is 0 Å².